The van der Waals surface area contributed by atoms with E-state index in [1.165, 1.54) is 9.47 Å². The van der Waals surface area contributed by atoms with Gasteiger partial charge in [0, 0.05) is 38.7 Å². The summed E-state index contributed by atoms with van der Waals surface area (Å²) in [6.07, 6.45) is 4.98. The van der Waals surface area contributed by atoms with Crippen molar-refractivity contribution in [2.75, 3.05) is 31.1 Å². The predicted molar refractivity (Wildman–Crippen MR) is 149 cm³/mol. The molecular weight excluding hydrogens is 528 g/mol. The molecular formula is C26H32N4O6S2. The molecule has 0 aliphatic carbocycles. The van der Waals surface area contributed by atoms with E-state index in [1.54, 1.807) is 27.0 Å². The summed E-state index contributed by atoms with van der Waals surface area (Å²) in [5, 5.41) is 18.5. The molecule has 0 radical (unpaired) electrons. The van der Waals surface area contributed by atoms with E-state index in [1.807, 2.05) is 11.0 Å². The molecule has 1 amide bonds. The van der Waals surface area contributed by atoms with Gasteiger partial charge in [0.1, 0.15) is 21.8 Å². The number of ether oxygens (including phenoxy) is 1. The molecule has 204 valence electrons. The fourth-order valence-electron chi connectivity index (χ4n) is 4.76. The van der Waals surface area contributed by atoms with Crippen molar-refractivity contribution >= 4 is 58.0 Å². The number of carbonyl (C=O) groups is 3. The number of thioether (sulfide) groups is 1. The number of rotatable bonds is 10. The summed E-state index contributed by atoms with van der Waals surface area (Å²) in [7, 11) is 1.59. The smallest absolute Gasteiger partial charge is 0.310 e. The molecule has 0 aromatic carbocycles. The van der Waals surface area contributed by atoms with Crippen molar-refractivity contribution in [3.05, 3.63) is 31.9 Å². The van der Waals surface area contributed by atoms with E-state index in [0.29, 0.717) is 71.5 Å². The molecule has 3 rings (SSSR count). The number of unbranched alkanes of at least 4 members (excludes halogenated alkanes) is 2. The van der Waals surface area contributed by atoms with Crippen LogP contribution in [-0.4, -0.2) is 63.0 Å². The highest BCUT2D eigenvalue weighted by atomic mass is 32.2. The number of hydrogen-bond acceptors (Lipinski definition) is 9. The van der Waals surface area contributed by atoms with Crippen LogP contribution in [0.2, 0.25) is 0 Å². The molecule has 0 bridgehead atoms. The molecule has 2 aliphatic heterocycles. The van der Waals surface area contributed by atoms with Gasteiger partial charge in [0.05, 0.1) is 17.4 Å². The molecule has 0 saturated carbocycles. The second-order valence-corrected chi connectivity index (χ2v) is 11.0. The van der Waals surface area contributed by atoms with Gasteiger partial charge in [0.25, 0.3) is 11.5 Å². The molecule has 38 heavy (non-hydrogen) atoms. The first-order chi connectivity index (χ1) is 18.1. The maximum Gasteiger partial charge on any atom is 0.310 e. The highest BCUT2D eigenvalue weighted by Gasteiger charge is 2.34. The molecule has 10 nitrogen and oxygen atoms in total. The molecule has 1 atom stereocenters. The second kappa shape index (κ2) is 13.1. The van der Waals surface area contributed by atoms with Crippen LogP contribution in [0.5, 0.6) is 0 Å². The molecule has 2 saturated heterocycles. The van der Waals surface area contributed by atoms with Gasteiger partial charge in [-0.25, -0.2) is 0 Å². The van der Waals surface area contributed by atoms with E-state index in [0.717, 1.165) is 18.2 Å². The number of nitriles is 1. The lowest BCUT2D eigenvalue weighted by Crippen LogP contribution is -2.42. The summed E-state index contributed by atoms with van der Waals surface area (Å²) in [6.45, 7) is 5.08. The van der Waals surface area contributed by atoms with Gasteiger partial charge in [-0.05, 0) is 51.2 Å². The first-order valence-electron chi connectivity index (χ1n) is 12.6. The Morgan fingerprint density at radius 1 is 1.29 bits per heavy atom. The van der Waals surface area contributed by atoms with Crippen molar-refractivity contribution in [1.82, 2.24) is 9.47 Å². The molecule has 1 aromatic rings. The number of nitrogens with zero attached hydrogens (tertiary/aromatic N) is 4. The van der Waals surface area contributed by atoms with Crippen molar-refractivity contribution in [3.8, 4) is 6.07 Å². The lowest BCUT2D eigenvalue weighted by molar-refractivity contribution is -0.148. The molecule has 1 N–H and O–H groups in total. The monoisotopic (exact) mass is 560 g/mol. The minimum atomic E-state index is -0.846. The van der Waals surface area contributed by atoms with Crippen molar-refractivity contribution in [2.24, 2.45) is 13.0 Å². The fourth-order valence-corrected chi connectivity index (χ4v) is 6.05. The van der Waals surface area contributed by atoms with Crippen molar-refractivity contribution in [2.45, 2.75) is 52.4 Å². The van der Waals surface area contributed by atoms with Crippen LogP contribution in [0.3, 0.4) is 0 Å². The number of aromatic nitrogens is 1. The van der Waals surface area contributed by atoms with E-state index < -0.39 is 11.5 Å². The van der Waals surface area contributed by atoms with Crippen LogP contribution < -0.4 is 10.5 Å². The van der Waals surface area contributed by atoms with E-state index in [9.17, 15) is 24.4 Å². The zero-order valence-corrected chi connectivity index (χ0v) is 23.5. The number of esters is 1. The predicted octanol–water partition coefficient (Wildman–Crippen LogP) is 3.19. The van der Waals surface area contributed by atoms with Gasteiger partial charge in [0.2, 0.25) is 0 Å². The third-order valence-corrected chi connectivity index (χ3v) is 8.11. The minimum Gasteiger partial charge on any atom is -0.481 e. The molecule has 2 aliphatic rings. The van der Waals surface area contributed by atoms with Gasteiger partial charge in [-0.2, -0.15) is 5.26 Å². The van der Waals surface area contributed by atoms with Gasteiger partial charge in [-0.1, -0.05) is 30.4 Å². The number of piperidine rings is 1. The first kappa shape index (κ1) is 29.4. The van der Waals surface area contributed by atoms with Gasteiger partial charge in [0.15, 0.2) is 0 Å². The molecule has 1 aromatic heterocycles. The van der Waals surface area contributed by atoms with Crippen LogP contribution in [0.4, 0.5) is 5.82 Å². The Hall–Kier alpha value is -3.17. The third kappa shape index (κ3) is 6.45. The van der Waals surface area contributed by atoms with Gasteiger partial charge >= 0.3 is 11.9 Å². The first-order valence-corrected chi connectivity index (χ1v) is 13.9. The van der Waals surface area contributed by atoms with Gasteiger partial charge < -0.3 is 14.7 Å². The Morgan fingerprint density at radius 2 is 2.03 bits per heavy atom. The molecule has 3 heterocycles. The topological polar surface area (TPSA) is 133 Å². The fraction of sp³-hybridized carbons (Fsp3) is 0.538. The number of hydrogen-bond donors (Lipinski definition) is 1. The van der Waals surface area contributed by atoms with Crippen LogP contribution in [0, 0.1) is 24.2 Å². The quantitative estimate of drug-likeness (QED) is 0.197. The Bertz CT molecular complexity index is 1270. The number of pyridine rings is 1. The lowest BCUT2D eigenvalue weighted by atomic mass is 9.96. The third-order valence-electron chi connectivity index (χ3n) is 6.73. The number of carbonyl (C=O) groups excluding carboxylic acids is 2. The molecule has 0 spiro atoms. The number of carboxylic acid groups (broad SMARTS) is 1. The van der Waals surface area contributed by atoms with E-state index in [4.69, 9.17) is 22.1 Å². The summed E-state index contributed by atoms with van der Waals surface area (Å²) in [5.74, 6) is -1.19. The van der Waals surface area contributed by atoms with Crippen LogP contribution in [0.1, 0.15) is 62.1 Å². The highest BCUT2D eigenvalue weighted by molar-refractivity contribution is 8.26. The minimum absolute atomic E-state index is 0.00430. The Labute approximate surface area is 231 Å². The lowest BCUT2D eigenvalue weighted by Gasteiger charge is -2.35. The maximum atomic E-state index is 13.3. The van der Waals surface area contributed by atoms with E-state index in [-0.39, 0.29) is 36.4 Å². The zero-order valence-electron chi connectivity index (χ0n) is 21.8. The summed E-state index contributed by atoms with van der Waals surface area (Å²) in [6, 6.07) is 2.00. The number of carboxylic acids is 1. The standard InChI is InChI=1S/C26H32N4O6S2/c1-4-36-25(35)17-9-8-11-29(15-17)22-18(16(2)19(14-27)23(33)28(22)3)13-20-24(34)30(26(37)38-20)12-7-5-6-10-21(31)32/h13,17H,4-12,15H2,1-3H3,(H,31,32)/b20-13+. The summed E-state index contributed by atoms with van der Waals surface area (Å²) < 4.78 is 7.05. The van der Waals surface area contributed by atoms with Crippen LogP contribution in [-0.2, 0) is 26.2 Å². The average molecular weight is 561 g/mol. The number of thiocarbonyl (C=S) groups is 1. The van der Waals surface area contributed by atoms with E-state index >= 15 is 0 Å². The molecule has 1 unspecified atom stereocenters. The number of anilines is 1. The molecule has 12 heteroatoms. The van der Waals surface area contributed by atoms with Crippen molar-refractivity contribution < 1.29 is 24.2 Å². The van der Waals surface area contributed by atoms with E-state index in [2.05, 4.69) is 0 Å². The van der Waals surface area contributed by atoms with Crippen molar-refractivity contribution in [3.63, 3.8) is 0 Å². The van der Waals surface area contributed by atoms with Gasteiger partial charge in [-0.15, -0.1) is 0 Å². The summed E-state index contributed by atoms with van der Waals surface area (Å²) in [5.41, 5.74) is 0.581. The number of aliphatic carboxylic acids is 1. The largest absolute Gasteiger partial charge is 0.481 e. The normalized spacial score (nSPS) is 18.7. The van der Waals surface area contributed by atoms with Crippen LogP contribution in [0.15, 0.2) is 9.70 Å². The van der Waals surface area contributed by atoms with Crippen LogP contribution in [0.25, 0.3) is 6.08 Å². The number of amides is 1. The van der Waals surface area contributed by atoms with Gasteiger partial charge in [-0.3, -0.25) is 28.6 Å². The average Bonchev–Trinajstić information content (AvgIpc) is 3.15. The van der Waals surface area contributed by atoms with Crippen LogP contribution >= 0.6 is 24.0 Å². The Kier molecular flexibility index (Phi) is 10.1. The zero-order chi connectivity index (χ0) is 28.0. The second-order valence-electron chi connectivity index (χ2n) is 9.29. The molecule has 2 fully saturated rings. The SMILES string of the molecule is CCOC(=O)C1CCCN(c2c(/C=C3/SC(=S)N(CCCCCC(=O)O)C3=O)c(C)c(C#N)c(=O)n2C)C1. The summed E-state index contributed by atoms with van der Waals surface area (Å²) >= 11 is 6.61. The Balaban J connectivity index is 1.95. The highest BCUT2D eigenvalue weighted by Crippen LogP contribution is 2.36. The van der Waals surface area contributed by atoms with Crippen molar-refractivity contribution in [1.29, 1.82) is 5.26 Å². The summed E-state index contributed by atoms with van der Waals surface area (Å²) in [4.78, 5) is 53.3. The Morgan fingerprint density at radius 3 is 2.68 bits per heavy atom. The maximum absolute atomic E-state index is 13.3.